The van der Waals surface area contributed by atoms with Crippen LogP contribution in [0.2, 0.25) is 0 Å². The highest BCUT2D eigenvalue weighted by Crippen LogP contribution is 2.31. The van der Waals surface area contributed by atoms with E-state index in [1.165, 1.54) is 6.26 Å². The Bertz CT molecular complexity index is 1060. The molecular formula is C24H26N4O4. The Balaban J connectivity index is 1.29. The van der Waals surface area contributed by atoms with Crippen molar-refractivity contribution < 1.29 is 18.4 Å². The van der Waals surface area contributed by atoms with Crippen LogP contribution in [0.3, 0.4) is 0 Å². The van der Waals surface area contributed by atoms with Gasteiger partial charge in [0.05, 0.1) is 12.9 Å². The maximum atomic E-state index is 12.7. The molecule has 0 aliphatic carbocycles. The van der Waals surface area contributed by atoms with Gasteiger partial charge in [-0.25, -0.2) is 0 Å². The number of carbonyl (C=O) groups excluding carboxylic acids is 1. The number of oxazole rings is 1. The number of furan rings is 1. The van der Waals surface area contributed by atoms with E-state index in [0.717, 1.165) is 17.7 Å². The predicted molar refractivity (Wildman–Crippen MR) is 118 cm³/mol. The molecule has 4 rings (SSSR count). The molecule has 0 spiro atoms. The molecule has 0 saturated carbocycles. The lowest BCUT2D eigenvalue weighted by Crippen LogP contribution is -2.40. The van der Waals surface area contributed by atoms with Crippen molar-refractivity contribution in [2.75, 3.05) is 24.6 Å². The van der Waals surface area contributed by atoms with Gasteiger partial charge in [-0.1, -0.05) is 19.1 Å². The summed E-state index contributed by atoms with van der Waals surface area (Å²) in [6.45, 7) is 4.48. The number of rotatable bonds is 8. The van der Waals surface area contributed by atoms with Crippen molar-refractivity contribution in [2.24, 2.45) is 5.92 Å². The zero-order chi connectivity index (χ0) is 22.3. The molecule has 0 unspecified atom stereocenters. The molecule has 1 aliphatic heterocycles. The highest BCUT2D eigenvalue weighted by Gasteiger charge is 2.29. The van der Waals surface area contributed by atoms with E-state index in [1.54, 1.807) is 12.1 Å². The molecule has 3 aromatic rings. The van der Waals surface area contributed by atoms with E-state index in [9.17, 15) is 10.1 Å². The highest BCUT2D eigenvalue weighted by molar-refractivity contribution is 5.79. The van der Waals surface area contributed by atoms with E-state index < -0.39 is 0 Å². The molecule has 0 bridgehead atoms. The summed E-state index contributed by atoms with van der Waals surface area (Å²) in [5.41, 5.74) is 1.26. The van der Waals surface area contributed by atoms with E-state index in [4.69, 9.17) is 13.6 Å². The number of hydrogen-bond donors (Lipinski definition) is 1. The number of hydrogen-bond acceptors (Lipinski definition) is 7. The van der Waals surface area contributed by atoms with Crippen LogP contribution in [0, 0.1) is 17.2 Å². The van der Waals surface area contributed by atoms with Gasteiger partial charge in [-0.2, -0.15) is 10.2 Å². The number of aromatic nitrogens is 1. The van der Waals surface area contributed by atoms with E-state index >= 15 is 0 Å². The number of nitrogens with one attached hydrogen (secondary N) is 1. The number of nitriles is 1. The van der Waals surface area contributed by atoms with Crippen LogP contribution in [-0.2, 0) is 11.3 Å². The average molecular weight is 434 g/mol. The molecule has 1 aliphatic rings. The Hall–Kier alpha value is -3.73. The van der Waals surface area contributed by atoms with Crippen LogP contribution >= 0.6 is 0 Å². The Morgan fingerprint density at radius 1 is 1.28 bits per heavy atom. The second-order valence-corrected chi connectivity index (χ2v) is 7.73. The first-order chi connectivity index (χ1) is 15.7. The fourth-order valence-corrected chi connectivity index (χ4v) is 3.71. The Labute approximate surface area is 186 Å². The summed E-state index contributed by atoms with van der Waals surface area (Å²) in [6.07, 6.45) is 3.86. The molecule has 3 heterocycles. The second kappa shape index (κ2) is 10.1. The van der Waals surface area contributed by atoms with Crippen molar-refractivity contribution in [2.45, 2.75) is 32.7 Å². The Morgan fingerprint density at radius 2 is 2.06 bits per heavy atom. The molecule has 32 heavy (non-hydrogen) atoms. The molecule has 1 aromatic carbocycles. The molecule has 1 saturated heterocycles. The van der Waals surface area contributed by atoms with Crippen LogP contribution < -0.4 is 15.0 Å². The fourth-order valence-electron chi connectivity index (χ4n) is 3.71. The minimum atomic E-state index is -0.0728. The van der Waals surface area contributed by atoms with Gasteiger partial charge in [0.1, 0.15) is 11.8 Å². The van der Waals surface area contributed by atoms with Gasteiger partial charge in [-0.15, -0.1) is 0 Å². The molecule has 8 heteroatoms. The van der Waals surface area contributed by atoms with Crippen molar-refractivity contribution in [3.05, 3.63) is 53.9 Å². The van der Waals surface area contributed by atoms with Crippen LogP contribution in [0.15, 0.2) is 51.5 Å². The van der Waals surface area contributed by atoms with E-state index in [1.807, 2.05) is 29.2 Å². The summed E-state index contributed by atoms with van der Waals surface area (Å²) in [5.74, 6) is 2.01. The number of carbonyl (C=O) groups is 1. The average Bonchev–Trinajstić information content (AvgIpc) is 3.52. The van der Waals surface area contributed by atoms with Crippen molar-refractivity contribution in [3.63, 3.8) is 0 Å². The summed E-state index contributed by atoms with van der Waals surface area (Å²) in [6, 6.07) is 13.4. The lowest BCUT2D eigenvalue weighted by Gasteiger charge is -2.31. The molecule has 166 valence electrons. The van der Waals surface area contributed by atoms with Gasteiger partial charge in [0, 0.05) is 25.6 Å². The number of piperidine rings is 1. The summed E-state index contributed by atoms with van der Waals surface area (Å²) >= 11 is 0. The minimum Gasteiger partial charge on any atom is -0.494 e. The van der Waals surface area contributed by atoms with Crippen molar-refractivity contribution in [1.29, 1.82) is 5.26 Å². The largest absolute Gasteiger partial charge is 0.494 e. The van der Waals surface area contributed by atoms with Crippen LogP contribution in [0.25, 0.3) is 11.7 Å². The number of amides is 1. The first-order valence-electron chi connectivity index (χ1n) is 10.9. The smallest absolute Gasteiger partial charge is 0.266 e. The topological polar surface area (TPSA) is 105 Å². The second-order valence-electron chi connectivity index (χ2n) is 7.73. The number of nitrogens with zero attached hydrogens (tertiary/aromatic N) is 3. The van der Waals surface area contributed by atoms with Crippen LogP contribution in [0.4, 0.5) is 5.88 Å². The third kappa shape index (κ3) is 4.94. The van der Waals surface area contributed by atoms with E-state index in [2.05, 4.69) is 23.3 Å². The maximum Gasteiger partial charge on any atom is 0.266 e. The van der Waals surface area contributed by atoms with Gasteiger partial charge >= 0.3 is 0 Å². The van der Waals surface area contributed by atoms with Crippen LogP contribution in [-0.4, -0.2) is 30.6 Å². The van der Waals surface area contributed by atoms with Gasteiger partial charge in [0.2, 0.25) is 17.5 Å². The van der Waals surface area contributed by atoms with Gasteiger partial charge in [0.15, 0.2) is 5.76 Å². The third-order valence-corrected chi connectivity index (χ3v) is 5.46. The van der Waals surface area contributed by atoms with Crippen molar-refractivity contribution in [1.82, 2.24) is 10.3 Å². The summed E-state index contributed by atoms with van der Waals surface area (Å²) in [7, 11) is 0. The SMILES string of the molecule is CCCOc1ccc(CNC(=O)C2CCN(c3oc(-c4ccco4)nc3C#N)CC2)cc1. The highest BCUT2D eigenvalue weighted by atomic mass is 16.5. The van der Waals surface area contributed by atoms with Gasteiger partial charge in [-0.3, -0.25) is 4.79 Å². The standard InChI is InChI=1S/C24H26N4O4/c1-2-13-30-19-7-5-17(6-8-19)16-26-22(29)18-9-11-28(12-10-18)24-20(15-25)27-23(32-24)21-4-3-14-31-21/h3-8,14,18H,2,9-13,16H2,1H3,(H,26,29). The number of benzene rings is 1. The van der Waals surface area contributed by atoms with Crippen LogP contribution in [0.5, 0.6) is 5.75 Å². The summed E-state index contributed by atoms with van der Waals surface area (Å²) < 4.78 is 16.7. The Morgan fingerprint density at radius 3 is 2.72 bits per heavy atom. The Kier molecular flexibility index (Phi) is 6.75. The zero-order valence-corrected chi connectivity index (χ0v) is 18.0. The molecule has 1 N–H and O–H groups in total. The normalized spacial score (nSPS) is 14.2. The monoisotopic (exact) mass is 434 g/mol. The lowest BCUT2D eigenvalue weighted by molar-refractivity contribution is -0.125. The maximum absolute atomic E-state index is 12.7. The summed E-state index contributed by atoms with van der Waals surface area (Å²) in [4.78, 5) is 18.9. The van der Waals surface area contributed by atoms with E-state index in [0.29, 0.717) is 50.7 Å². The third-order valence-electron chi connectivity index (χ3n) is 5.46. The molecule has 2 aromatic heterocycles. The van der Waals surface area contributed by atoms with Gasteiger partial charge in [0.25, 0.3) is 5.89 Å². The quantitative estimate of drug-likeness (QED) is 0.568. The van der Waals surface area contributed by atoms with Crippen molar-refractivity contribution >= 4 is 11.8 Å². The van der Waals surface area contributed by atoms with Crippen LogP contribution in [0.1, 0.15) is 37.4 Å². The molecule has 0 atom stereocenters. The molecule has 0 radical (unpaired) electrons. The first kappa shape index (κ1) is 21.5. The lowest BCUT2D eigenvalue weighted by atomic mass is 9.96. The fraction of sp³-hybridized carbons (Fsp3) is 0.375. The first-order valence-corrected chi connectivity index (χ1v) is 10.9. The molecule has 8 nitrogen and oxygen atoms in total. The predicted octanol–water partition coefficient (Wildman–Crippen LogP) is 4.13. The number of ether oxygens (including phenoxy) is 1. The summed E-state index contributed by atoms with van der Waals surface area (Å²) in [5, 5.41) is 12.5. The van der Waals surface area contributed by atoms with Gasteiger partial charge in [-0.05, 0) is 49.1 Å². The number of anilines is 1. The zero-order valence-electron chi connectivity index (χ0n) is 18.0. The molecule has 1 amide bonds. The molecular weight excluding hydrogens is 408 g/mol. The van der Waals surface area contributed by atoms with Gasteiger partial charge < -0.3 is 23.8 Å². The minimum absolute atomic E-state index is 0.0466. The molecule has 1 fully saturated rings. The van der Waals surface area contributed by atoms with Crippen molar-refractivity contribution in [3.8, 4) is 23.5 Å². The van der Waals surface area contributed by atoms with E-state index in [-0.39, 0.29) is 23.4 Å².